The first-order valence-corrected chi connectivity index (χ1v) is 3.39. The van der Waals surface area contributed by atoms with Crippen molar-refractivity contribution < 1.29 is 14.4 Å². The summed E-state index contributed by atoms with van der Waals surface area (Å²) in [6.45, 7) is 0. The van der Waals surface area contributed by atoms with Crippen LogP contribution in [0.4, 0.5) is 0 Å². The molecule has 0 aliphatic carbocycles. The van der Waals surface area contributed by atoms with Gasteiger partial charge < -0.3 is 15.3 Å². The van der Waals surface area contributed by atoms with Gasteiger partial charge >= 0.3 is 0 Å². The van der Waals surface area contributed by atoms with E-state index in [9.17, 15) is 14.4 Å². The standard InChI is InChI=1S/C7H11NO3/c8-7(11)3-1-2-6(4-9)5-10/h4-6H,1-3H2,(H2,8,11). The molecule has 0 fully saturated rings. The lowest BCUT2D eigenvalue weighted by atomic mass is 10.1. The maximum absolute atomic E-state index is 10.2. The minimum Gasteiger partial charge on any atom is -0.370 e. The zero-order chi connectivity index (χ0) is 8.69. The van der Waals surface area contributed by atoms with Crippen LogP contribution in [0.5, 0.6) is 0 Å². The molecule has 2 N–H and O–H groups in total. The minimum absolute atomic E-state index is 0.234. The van der Waals surface area contributed by atoms with Gasteiger partial charge in [-0.25, -0.2) is 0 Å². The number of primary amides is 1. The predicted octanol–water partition coefficient (Wildman–Crippen LogP) is -0.344. The van der Waals surface area contributed by atoms with Crippen molar-refractivity contribution in [2.45, 2.75) is 19.3 Å². The summed E-state index contributed by atoms with van der Waals surface area (Å²) in [4.78, 5) is 30.3. The van der Waals surface area contributed by atoms with E-state index in [0.717, 1.165) is 0 Å². The van der Waals surface area contributed by atoms with Crippen LogP contribution in [0.25, 0.3) is 0 Å². The van der Waals surface area contributed by atoms with E-state index in [1.165, 1.54) is 0 Å². The number of nitrogens with two attached hydrogens (primary N) is 1. The molecule has 0 aliphatic rings. The van der Waals surface area contributed by atoms with Crippen LogP contribution in [0.2, 0.25) is 0 Å². The molecule has 0 aromatic rings. The first-order valence-electron chi connectivity index (χ1n) is 3.39. The van der Waals surface area contributed by atoms with Crippen LogP contribution >= 0.6 is 0 Å². The summed E-state index contributed by atoms with van der Waals surface area (Å²) in [7, 11) is 0. The number of hydrogen-bond donors (Lipinski definition) is 1. The van der Waals surface area contributed by atoms with Gasteiger partial charge in [0.1, 0.15) is 12.6 Å². The maximum atomic E-state index is 10.2. The van der Waals surface area contributed by atoms with Crippen molar-refractivity contribution in [2.75, 3.05) is 0 Å². The lowest BCUT2D eigenvalue weighted by Gasteiger charge is -1.98. The van der Waals surface area contributed by atoms with Crippen molar-refractivity contribution in [1.29, 1.82) is 0 Å². The topological polar surface area (TPSA) is 77.2 Å². The van der Waals surface area contributed by atoms with E-state index in [4.69, 9.17) is 5.73 Å². The van der Waals surface area contributed by atoms with E-state index in [-0.39, 0.29) is 6.42 Å². The normalized spacial score (nSPS) is 9.55. The van der Waals surface area contributed by atoms with Crippen LogP contribution in [-0.4, -0.2) is 18.5 Å². The fraction of sp³-hybridized carbons (Fsp3) is 0.571. The fourth-order valence-electron chi connectivity index (χ4n) is 0.680. The molecule has 0 aromatic heterocycles. The van der Waals surface area contributed by atoms with Crippen molar-refractivity contribution >= 4 is 18.5 Å². The summed E-state index contributed by atoms with van der Waals surface area (Å²) in [6, 6.07) is 0. The molecule has 0 heterocycles. The Balaban J connectivity index is 3.43. The Hall–Kier alpha value is -1.19. The molecule has 62 valence electrons. The summed E-state index contributed by atoms with van der Waals surface area (Å²) < 4.78 is 0. The van der Waals surface area contributed by atoms with Gasteiger partial charge in [0.15, 0.2) is 0 Å². The molecule has 0 radical (unpaired) electrons. The maximum Gasteiger partial charge on any atom is 0.217 e. The summed E-state index contributed by atoms with van der Waals surface area (Å²) in [5.41, 5.74) is 4.85. The molecule has 4 nitrogen and oxygen atoms in total. The van der Waals surface area contributed by atoms with Crippen LogP contribution < -0.4 is 5.73 Å². The molecular formula is C7H11NO3. The van der Waals surface area contributed by atoms with Crippen molar-refractivity contribution in [2.24, 2.45) is 11.7 Å². The van der Waals surface area contributed by atoms with Gasteiger partial charge in [0, 0.05) is 6.42 Å². The van der Waals surface area contributed by atoms with Crippen molar-refractivity contribution in [1.82, 2.24) is 0 Å². The van der Waals surface area contributed by atoms with Crippen LogP contribution in [-0.2, 0) is 14.4 Å². The predicted molar refractivity (Wildman–Crippen MR) is 38.7 cm³/mol. The molecule has 0 rings (SSSR count). The van der Waals surface area contributed by atoms with E-state index < -0.39 is 11.8 Å². The summed E-state index contributed by atoms with van der Waals surface area (Å²) >= 11 is 0. The van der Waals surface area contributed by atoms with Gasteiger partial charge in [-0.05, 0) is 12.8 Å². The smallest absolute Gasteiger partial charge is 0.217 e. The Morgan fingerprint density at radius 3 is 2.27 bits per heavy atom. The average molecular weight is 157 g/mol. The summed E-state index contributed by atoms with van der Waals surface area (Å²) in [5.74, 6) is -0.977. The molecule has 0 saturated carbocycles. The zero-order valence-electron chi connectivity index (χ0n) is 6.16. The van der Waals surface area contributed by atoms with E-state index >= 15 is 0 Å². The Morgan fingerprint density at radius 1 is 1.36 bits per heavy atom. The van der Waals surface area contributed by atoms with Crippen molar-refractivity contribution in [3.05, 3.63) is 0 Å². The Morgan fingerprint density at radius 2 is 1.91 bits per heavy atom. The quantitative estimate of drug-likeness (QED) is 0.423. The summed E-state index contributed by atoms with van der Waals surface area (Å²) in [5, 5.41) is 0. The highest BCUT2D eigenvalue weighted by Crippen LogP contribution is 2.02. The average Bonchev–Trinajstić information content (AvgIpc) is 1.98. The third-order valence-corrected chi connectivity index (χ3v) is 1.31. The van der Waals surface area contributed by atoms with Gasteiger partial charge in [-0.2, -0.15) is 0 Å². The third-order valence-electron chi connectivity index (χ3n) is 1.31. The Labute approximate surface area is 64.8 Å². The SMILES string of the molecule is NC(=O)CCCC(C=O)C=O. The van der Waals surface area contributed by atoms with Crippen LogP contribution in [0, 0.1) is 5.92 Å². The molecule has 1 amide bonds. The largest absolute Gasteiger partial charge is 0.370 e. The third kappa shape index (κ3) is 5.26. The van der Waals surface area contributed by atoms with Gasteiger partial charge in [0.25, 0.3) is 0 Å². The molecule has 0 unspecified atom stereocenters. The number of aldehydes is 2. The lowest BCUT2D eigenvalue weighted by Crippen LogP contribution is -2.11. The van der Waals surface area contributed by atoms with Crippen molar-refractivity contribution in [3.63, 3.8) is 0 Å². The van der Waals surface area contributed by atoms with Gasteiger partial charge in [0.2, 0.25) is 5.91 Å². The van der Waals surface area contributed by atoms with Crippen LogP contribution in [0.3, 0.4) is 0 Å². The van der Waals surface area contributed by atoms with Crippen LogP contribution in [0.1, 0.15) is 19.3 Å². The molecule has 0 bridgehead atoms. The number of carbonyl (C=O) groups excluding carboxylic acids is 3. The van der Waals surface area contributed by atoms with Crippen molar-refractivity contribution in [3.8, 4) is 0 Å². The molecule has 0 aliphatic heterocycles. The molecule has 0 atom stereocenters. The number of rotatable bonds is 6. The first kappa shape index (κ1) is 9.81. The highest BCUT2D eigenvalue weighted by molar-refractivity contribution is 5.77. The number of carbonyl (C=O) groups is 3. The molecule has 4 heteroatoms. The number of amides is 1. The highest BCUT2D eigenvalue weighted by Gasteiger charge is 2.05. The Kier molecular flexibility index (Phi) is 4.98. The molecule has 0 aromatic carbocycles. The van der Waals surface area contributed by atoms with Gasteiger partial charge in [-0.3, -0.25) is 4.79 Å². The van der Waals surface area contributed by atoms with Gasteiger partial charge in [-0.1, -0.05) is 0 Å². The van der Waals surface area contributed by atoms with Gasteiger partial charge in [-0.15, -0.1) is 0 Å². The number of hydrogen-bond acceptors (Lipinski definition) is 3. The molecule has 11 heavy (non-hydrogen) atoms. The Bertz CT molecular complexity index is 148. The van der Waals surface area contributed by atoms with E-state index in [2.05, 4.69) is 0 Å². The van der Waals surface area contributed by atoms with E-state index in [1.807, 2.05) is 0 Å². The monoisotopic (exact) mass is 157 g/mol. The fourth-order valence-corrected chi connectivity index (χ4v) is 0.680. The minimum atomic E-state index is -0.575. The second kappa shape index (κ2) is 5.58. The summed E-state index contributed by atoms with van der Waals surface area (Å²) in [6.07, 6.45) is 2.30. The highest BCUT2D eigenvalue weighted by atomic mass is 16.1. The van der Waals surface area contributed by atoms with Crippen LogP contribution in [0.15, 0.2) is 0 Å². The van der Waals surface area contributed by atoms with E-state index in [0.29, 0.717) is 25.4 Å². The molecule has 0 spiro atoms. The molecular weight excluding hydrogens is 146 g/mol. The lowest BCUT2D eigenvalue weighted by molar-refractivity contribution is -0.121. The second-order valence-electron chi connectivity index (χ2n) is 2.29. The van der Waals surface area contributed by atoms with Gasteiger partial charge in [0.05, 0.1) is 5.92 Å². The first-order chi connectivity index (χ1) is 5.20. The molecule has 0 saturated heterocycles. The zero-order valence-corrected chi connectivity index (χ0v) is 6.16. The van der Waals surface area contributed by atoms with E-state index in [1.54, 1.807) is 0 Å². The second-order valence-corrected chi connectivity index (χ2v) is 2.29.